The van der Waals surface area contributed by atoms with Gasteiger partial charge in [-0.3, -0.25) is 0 Å². The summed E-state index contributed by atoms with van der Waals surface area (Å²) < 4.78 is 5.95. The van der Waals surface area contributed by atoms with Crippen molar-refractivity contribution in [3.05, 3.63) is 35.4 Å². The Morgan fingerprint density at radius 3 is 2.80 bits per heavy atom. The van der Waals surface area contributed by atoms with Crippen LogP contribution in [-0.2, 0) is 11.2 Å². The number of rotatable bonds is 3. The predicted molar refractivity (Wildman–Crippen MR) is 79.7 cm³/mol. The topological polar surface area (TPSA) is 41.5 Å². The molecule has 1 aliphatic carbocycles. The van der Waals surface area contributed by atoms with E-state index in [1.165, 1.54) is 11.1 Å². The van der Waals surface area contributed by atoms with E-state index in [1.54, 1.807) is 0 Å². The van der Waals surface area contributed by atoms with Crippen LogP contribution in [0, 0.1) is 0 Å². The lowest BCUT2D eigenvalue weighted by atomic mass is 9.77. The highest BCUT2D eigenvalue weighted by molar-refractivity contribution is 5.31. The smallest absolute Gasteiger partial charge is 0.0855 e. The maximum absolute atomic E-state index is 10.9. The summed E-state index contributed by atoms with van der Waals surface area (Å²) in [5.74, 6) is 0. The van der Waals surface area contributed by atoms with Crippen molar-refractivity contribution in [2.24, 2.45) is 0 Å². The first-order valence-corrected chi connectivity index (χ1v) is 7.79. The second-order valence-corrected chi connectivity index (χ2v) is 6.30. The molecule has 0 bridgehead atoms. The van der Waals surface area contributed by atoms with E-state index < -0.39 is 5.60 Å². The molecule has 0 amide bonds. The molecule has 0 spiro atoms. The molecule has 1 fully saturated rings. The molecule has 1 saturated carbocycles. The summed E-state index contributed by atoms with van der Waals surface area (Å²) in [5.41, 5.74) is 2.11. The number of hydrogen-bond acceptors (Lipinski definition) is 3. The number of ether oxygens (including phenoxy) is 1. The zero-order chi connectivity index (χ0) is 14.0. The molecule has 2 N–H and O–H groups in total. The molecular formula is C17H25NO2. The fourth-order valence-corrected chi connectivity index (χ4v) is 3.64. The fourth-order valence-electron chi connectivity index (χ4n) is 3.64. The van der Waals surface area contributed by atoms with Gasteiger partial charge in [-0.25, -0.2) is 0 Å². The highest BCUT2D eigenvalue weighted by Gasteiger charge is 2.36. The summed E-state index contributed by atoms with van der Waals surface area (Å²) >= 11 is 0. The molecular weight excluding hydrogens is 250 g/mol. The van der Waals surface area contributed by atoms with Crippen molar-refractivity contribution in [1.82, 2.24) is 5.32 Å². The average Bonchev–Trinajstić information content (AvgIpc) is 2.48. The Hall–Kier alpha value is -0.900. The lowest BCUT2D eigenvalue weighted by molar-refractivity contribution is -0.0673. The van der Waals surface area contributed by atoms with Crippen LogP contribution in [-0.4, -0.2) is 30.4 Å². The molecule has 2 aliphatic rings. The van der Waals surface area contributed by atoms with Gasteiger partial charge in [-0.05, 0) is 50.3 Å². The molecule has 0 radical (unpaired) electrons. The first-order chi connectivity index (χ1) is 9.70. The fraction of sp³-hybridized carbons (Fsp3) is 0.647. The Morgan fingerprint density at radius 1 is 1.30 bits per heavy atom. The third kappa shape index (κ3) is 2.90. The molecule has 0 saturated heterocycles. The maximum atomic E-state index is 10.9. The van der Waals surface area contributed by atoms with Crippen LogP contribution >= 0.6 is 0 Å². The summed E-state index contributed by atoms with van der Waals surface area (Å²) in [4.78, 5) is 0. The Morgan fingerprint density at radius 2 is 2.05 bits per heavy atom. The van der Waals surface area contributed by atoms with E-state index in [-0.39, 0.29) is 6.10 Å². The van der Waals surface area contributed by atoms with Crippen LogP contribution in [0.4, 0.5) is 0 Å². The van der Waals surface area contributed by atoms with Gasteiger partial charge in [-0.2, -0.15) is 0 Å². The molecule has 1 aliphatic heterocycles. The molecule has 1 unspecified atom stereocenters. The highest BCUT2D eigenvalue weighted by Crippen LogP contribution is 2.39. The predicted octanol–water partition coefficient (Wildman–Crippen LogP) is 2.58. The van der Waals surface area contributed by atoms with Gasteiger partial charge in [0.15, 0.2) is 0 Å². The monoisotopic (exact) mass is 275 g/mol. The average molecular weight is 275 g/mol. The number of nitrogens with one attached hydrogen (secondary N) is 1. The second kappa shape index (κ2) is 5.84. The van der Waals surface area contributed by atoms with Gasteiger partial charge in [0, 0.05) is 12.5 Å². The van der Waals surface area contributed by atoms with E-state index in [0.29, 0.717) is 6.04 Å². The van der Waals surface area contributed by atoms with Gasteiger partial charge >= 0.3 is 0 Å². The van der Waals surface area contributed by atoms with Gasteiger partial charge in [0.2, 0.25) is 0 Å². The number of fused-ring (bicyclic) bond motifs is 1. The number of hydrogen-bond donors (Lipinski definition) is 2. The van der Waals surface area contributed by atoms with Gasteiger partial charge in [-0.15, -0.1) is 0 Å². The molecule has 1 aromatic rings. The Balaban J connectivity index is 1.69. The normalized spacial score (nSPS) is 33.7. The van der Waals surface area contributed by atoms with Gasteiger partial charge in [0.1, 0.15) is 0 Å². The Labute approximate surface area is 121 Å². The lowest BCUT2D eigenvalue weighted by Crippen LogP contribution is -2.41. The van der Waals surface area contributed by atoms with Gasteiger partial charge < -0.3 is 15.2 Å². The highest BCUT2D eigenvalue weighted by atomic mass is 16.5. The minimum atomic E-state index is -0.553. The van der Waals surface area contributed by atoms with E-state index >= 15 is 0 Å². The Bertz CT molecular complexity index is 452. The van der Waals surface area contributed by atoms with E-state index in [4.69, 9.17) is 4.74 Å². The van der Waals surface area contributed by atoms with E-state index in [1.807, 2.05) is 7.05 Å². The SMILES string of the molecule is CNC1CCC(O)(CC2OCCc3ccccc32)CC1. The van der Waals surface area contributed by atoms with Crippen molar-refractivity contribution >= 4 is 0 Å². The minimum Gasteiger partial charge on any atom is -0.390 e. The third-order valence-corrected chi connectivity index (χ3v) is 4.98. The molecule has 3 heteroatoms. The van der Waals surface area contributed by atoms with Crippen LogP contribution in [0.15, 0.2) is 24.3 Å². The summed E-state index contributed by atoms with van der Waals surface area (Å²) in [6, 6.07) is 9.07. The standard InChI is InChI=1S/C17H25NO2/c1-18-14-6-9-17(19,10-7-14)12-16-15-5-3-2-4-13(15)8-11-20-16/h2-5,14,16,18-19H,6-12H2,1H3. The summed E-state index contributed by atoms with van der Waals surface area (Å²) in [6.07, 6.45) is 5.66. The first kappa shape index (κ1) is 14.1. The maximum Gasteiger partial charge on any atom is 0.0855 e. The summed E-state index contributed by atoms with van der Waals surface area (Å²) in [6.45, 7) is 0.775. The van der Waals surface area contributed by atoms with E-state index in [0.717, 1.165) is 45.1 Å². The lowest BCUT2D eigenvalue weighted by Gasteiger charge is -2.39. The van der Waals surface area contributed by atoms with Crippen molar-refractivity contribution in [2.75, 3.05) is 13.7 Å². The molecule has 110 valence electrons. The third-order valence-electron chi connectivity index (χ3n) is 4.98. The number of aliphatic hydroxyl groups is 1. The van der Waals surface area contributed by atoms with Crippen LogP contribution in [0.2, 0.25) is 0 Å². The van der Waals surface area contributed by atoms with Crippen molar-refractivity contribution in [1.29, 1.82) is 0 Å². The Kier molecular flexibility index (Phi) is 4.11. The van der Waals surface area contributed by atoms with Crippen LogP contribution in [0.25, 0.3) is 0 Å². The van der Waals surface area contributed by atoms with Crippen molar-refractivity contribution in [3.63, 3.8) is 0 Å². The quantitative estimate of drug-likeness (QED) is 0.891. The summed E-state index contributed by atoms with van der Waals surface area (Å²) in [7, 11) is 2.01. The van der Waals surface area contributed by atoms with Crippen molar-refractivity contribution in [2.45, 2.75) is 56.3 Å². The van der Waals surface area contributed by atoms with Crippen molar-refractivity contribution in [3.8, 4) is 0 Å². The zero-order valence-corrected chi connectivity index (χ0v) is 12.3. The van der Waals surface area contributed by atoms with Gasteiger partial charge in [-0.1, -0.05) is 24.3 Å². The molecule has 1 atom stereocenters. The number of benzene rings is 1. The van der Waals surface area contributed by atoms with Crippen LogP contribution in [0.3, 0.4) is 0 Å². The van der Waals surface area contributed by atoms with Crippen LogP contribution in [0.1, 0.15) is 49.3 Å². The first-order valence-electron chi connectivity index (χ1n) is 7.79. The zero-order valence-electron chi connectivity index (χ0n) is 12.3. The molecule has 1 heterocycles. The minimum absolute atomic E-state index is 0.0658. The molecule has 0 aromatic heterocycles. The molecule has 1 aromatic carbocycles. The van der Waals surface area contributed by atoms with E-state index in [2.05, 4.69) is 29.6 Å². The van der Waals surface area contributed by atoms with E-state index in [9.17, 15) is 5.11 Å². The van der Waals surface area contributed by atoms with Crippen LogP contribution < -0.4 is 5.32 Å². The second-order valence-electron chi connectivity index (χ2n) is 6.30. The van der Waals surface area contributed by atoms with Crippen LogP contribution in [0.5, 0.6) is 0 Å². The molecule has 3 rings (SSSR count). The summed E-state index contributed by atoms with van der Waals surface area (Å²) in [5, 5.41) is 14.2. The molecule has 3 nitrogen and oxygen atoms in total. The van der Waals surface area contributed by atoms with Crippen molar-refractivity contribution < 1.29 is 9.84 Å². The van der Waals surface area contributed by atoms with Gasteiger partial charge in [0.25, 0.3) is 0 Å². The van der Waals surface area contributed by atoms with Gasteiger partial charge in [0.05, 0.1) is 18.3 Å². The largest absolute Gasteiger partial charge is 0.390 e. The molecule has 20 heavy (non-hydrogen) atoms.